The Morgan fingerprint density at radius 3 is 2.68 bits per heavy atom. The summed E-state index contributed by atoms with van der Waals surface area (Å²) >= 11 is 0. The SMILES string of the molecule is Cc1cccc(OCC(=O)N2CCN(C)CC2)c1N. The Hall–Kier alpha value is -1.75. The van der Waals surface area contributed by atoms with E-state index in [-0.39, 0.29) is 12.5 Å². The molecule has 0 atom stereocenters. The van der Waals surface area contributed by atoms with Crippen molar-refractivity contribution in [2.45, 2.75) is 6.92 Å². The minimum atomic E-state index is 0.0222. The van der Waals surface area contributed by atoms with Gasteiger partial charge in [0.1, 0.15) is 5.75 Å². The highest BCUT2D eigenvalue weighted by molar-refractivity contribution is 5.78. The Bertz CT molecular complexity index is 454. The first kappa shape index (κ1) is 13.7. The van der Waals surface area contributed by atoms with Gasteiger partial charge in [0, 0.05) is 26.2 Å². The standard InChI is InChI=1S/C14H21N3O2/c1-11-4-3-5-12(14(11)15)19-10-13(18)17-8-6-16(2)7-9-17/h3-5H,6-10,15H2,1-2H3. The first-order valence-corrected chi connectivity index (χ1v) is 6.52. The summed E-state index contributed by atoms with van der Waals surface area (Å²) in [7, 11) is 2.06. The number of amides is 1. The van der Waals surface area contributed by atoms with E-state index in [1.54, 1.807) is 6.07 Å². The van der Waals surface area contributed by atoms with Crippen LogP contribution in [0.15, 0.2) is 18.2 Å². The number of carbonyl (C=O) groups excluding carboxylic acids is 1. The predicted molar refractivity (Wildman–Crippen MR) is 75.2 cm³/mol. The number of hydrogen-bond donors (Lipinski definition) is 1. The van der Waals surface area contributed by atoms with Gasteiger partial charge in [-0.3, -0.25) is 4.79 Å². The number of benzene rings is 1. The molecule has 1 aliphatic heterocycles. The van der Waals surface area contributed by atoms with Crippen LogP contribution in [0.2, 0.25) is 0 Å². The molecule has 2 rings (SSSR count). The molecule has 1 amide bonds. The summed E-state index contributed by atoms with van der Waals surface area (Å²) in [6.07, 6.45) is 0. The smallest absolute Gasteiger partial charge is 0.260 e. The van der Waals surface area contributed by atoms with E-state index in [1.165, 1.54) is 0 Å². The number of piperazine rings is 1. The van der Waals surface area contributed by atoms with Gasteiger partial charge in [-0.25, -0.2) is 0 Å². The molecule has 0 aliphatic carbocycles. The molecule has 19 heavy (non-hydrogen) atoms. The first-order valence-electron chi connectivity index (χ1n) is 6.52. The number of para-hydroxylation sites is 1. The summed E-state index contributed by atoms with van der Waals surface area (Å²) in [5.41, 5.74) is 7.48. The van der Waals surface area contributed by atoms with E-state index >= 15 is 0 Å². The van der Waals surface area contributed by atoms with Gasteiger partial charge < -0.3 is 20.3 Å². The van der Waals surface area contributed by atoms with Crippen molar-refractivity contribution in [2.75, 3.05) is 45.6 Å². The third kappa shape index (κ3) is 3.38. The van der Waals surface area contributed by atoms with Gasteiger partial charge in [-0.05, 0) is 25.6 Å². The third-order valence-corrected chi connectivity index (χ3v) is 3.49. The van der Waals surface area contributed by atoms with Crippen molar-refractivity contribution in [1.82, 2.24) is 9.80 Å². The minimum Gasteiger partial charge on any atom is -0.482 e. The molecule has 0 radical (unpaired) electrons. The number of ether oxygens (including phenoxy) is 1. The largest absolute Gasteiger partial charge is 0.482 e. The molecular weight excluding hydrogens is 242 g/mol. The molecule has 1 aliphatic rings. The van der Waals surface area contributed by atoms with Crippen molar-refractivity contribution in [3.8, 4) is 5.75 Å². The monoisotopic (exact) mass is 263 g/mol. The lowest BCUT2D eigenvalue weighted by Crippen LogP contribution is -2.48. The fraction of sp³-hybridized carbons (Fsp3) is 0.500. The Balaban J connectivity index is 1.88. The molecule has 1 aromatic carbocycles. The molecule has 0 bridgehead atoms. The molecule has 104 valence electrons. The molecule has 1 heterocycles. The van der Waals surface area contributed by atoms with Crippen molar-refractivity contribution in [2.24, 2.45) is 0 Å². The Labute approximate surface area is 113 Å². The molecule has 1 fully saturated rings. The van der Waals surface area contributed by atoms with Gasteiger partial charge in [0.15, 0.2) is 6.61 Å². The fourth-order valence-corrected chi connectivity index (χ4v) is 2.07. The number of hydrogen-bond acceptors (Lipinski definition) is 4. The maximum absolute atomic E-state index is 12.0. The maximum atomic E-state index is 12.0. The van der Waals surface area contributed by atoms with Crippen LogP contribution in [-0.2, 0) is 4.79 Å². The van der Waals surface area contributed by atoms with Crippen molar-refractivity contribution >= 4 is 11.6 Å². The van der Waals surface area contributed by atoms with Crippen LogP contribution in [-0.4, -0.2) is 55.5 Å². The number of anilines is 1. The molecular formula is C14H21N3O2. The fourth-order valence-electron chi connectivity index (χ4n) is 2.07. The van der Waals surface area contributed by atoms with E-state index < -0.39 is 0 Å². The van der Waals surface area contributed by atoms with Gasteiger partial charge in [0.25, 0.3) is 5.91 Å². The van der Waals surface area contributed by atoms with Gasteiger partial charge in [0.05, 0.1) is 5.69 Å². The number of carbonyl (C=O) groups is 1. The maximum Gasteiger partial charge on any atom is 0.260 e. The van der Waals surface area contributed by atoms with Crippen LogP contribution in [0.3, 0.4) is 0 Å². The summed E-state index contributed by atoms with van der Waals surface area (Å²) in [6.45, 7) is 5.34. The van der Waals surface area contributed by atoms with E-state index in [4.69, 9.17) is 10.5 Å². The van der Waals surface area contributed by atoms with E-state index in [0.29, 0.717) is 11.4 Å². The highest BCUT2D eigenvalue weighted by Crippen LogP contribution is 2.24. The summed E-state index contributed by atoms with van der Waals surface area (Å²) in [6, 6.07) is 5.59. The third-order valence-electron chi connectivity index (χ3n) is 3.49. The van der Waals surface area contributed by atoms with Crippen LogP contribution in [0.25, 0.3) is 0 Å². The summed E-state index contributed by atoms with van der Waals surface area (Å²) in [5, 5.41) is 0. The van der Waals surface area contributed by atoms with E-state index in [9.17, 15) is 4.79 Å². The lowest BCUT2D eigenvalue weighted by molar-refractivity contribution is -0.134. The number of nitrogens with two attached hydrogens (primary N) is 1. The summed E-state index contributed by atoms with van der Waals surface area (Å²) in [4.78, 5) is 16.1. The molecule has 5 heteroatoms. The van der Waals surface area contributed by atoms with Crippen LogP contribution < -0.4 is 10.5 Å². The zero-order valence-electron chi connectivity index (χ0n) is 11.6. The Morgan fingerprint density at radius 2 is 2.00 bits per heavy atom. The second-order valence-corrected chi connectivity index (χ2v) is 4.96. The van der Waals surface area contributed by atoms with E-state index in [2.05, 4.69) is 11.9 Å². The average Bonchev–Trinajstić information content (AvgIpc) is 2.41. The van der Waals surface area contributed by atoms with E-state index in [1.807, 2.05) is 24.0 Å². The van der Waals surface area contributed by atoms with Crippen LogP contribution in [0.4, 0.5) is 5.69 Å². The van der Waals surface area contributed by atoms with Crippen LogP contribution in [0.1, 0.15) is 5.56 Å². The van der Waals surface area contributed by atoms with Crippen molar-refractivity contribution in [1.29, 1.82) is 0 Å². The zero-order chi connectivity index (χ0) is 13.8. The number of rotatable bonds is 3. The first-order chi connectivity index (χ1) is 9.08. The van der Waals surface area contributed by atoms with Crippen LogP contribution >= 0.6 is 0 Å². The topological polar surface area (TPSA) is 58.8 Å². The van der Waals surface area contributed by atoms with Crippen LogP contribution in [0, 0.1) is 6.92 Å². The molecule has 0 saturated carbocycles. The normalized spacial score (nSPS) is 16.4. The highest BCUT2D eigenvalue weighted by atomic mass is 16.5. The van der Waals surface area contributed by atoms with Crippen molar-refractivity contribution in [3.63, 3.8) is 0 Å². The number of nitrogen functional groups attached to an aromatic ring is 1. The summed E-state index contributed by atoms with van der Waals surface area (Å²) < 4.78 is 5.53. The van der Waals surface area contributed by atoms with Gasteiger partial charge >= 0.3 is 0 Å². The van der Waals surface area contributed by atoms with Gasteiger partial charge in [0.2, 0.25) is 0 Å². The Morgan fingerprint density at radius 1 is 1.32 bits per heavy atom. The van der Waals surface area contributed by atoms with Crippen LogP contribution in [0.5, 0.6) is 5.75 Å². The Kier molecular flexibility index (Phi) is 4.27. The predicted octanol–water partition coefficient (Wildman–Crippen LogP) is 0.730. The number of likely N-dealkylation sites (N-methyl/N-ethyl adjacent to an activating group) is 1. The van der Waals surface area contributed by atoms with Gasteiger partial charge in [-0.2, -0.15) is 0 Å². The zero-order valence-corrected chi connectivity index (χ0v) is 11.6. The lowest BCUT2D eigenvalue weighted by atomic mass is 10.2. The molecule has 0 unspecified atom stereocenters. The van der Waals surface area contributed by atoms with E-state index in [0.717, 1.165) is 31.7 Å². The molecule has 2 N–H and O–H groups in total. The molecule has 5 nitrogen and oxygen atoms in total. The van der Waals surface area contributed by atoms with Gasteiger partial charge in [-0.15, -0.1) is 0 Å². The second-order valence-electron chi connectivity index (χ2n) is 4.96. The van der Waals surface area contributed by atoms with Crippen molar-refractivity contribution < 1.29 is 9.53 Å². The number of aryl methyl sites for hydroxylation is 1. The summed E-state index contributed by atoms with van der Waals surface area (Å²) in [5.74, 6) is 0.608. The molecule has 1 aromatic rings. The molecule has 0 spiro atoms. The molecule has 1 saturated heterocycles. The quantitative estimate of drug-likeness (QED) is 0.817. The average molecular weight is 263 g/mol. The lowest BCUT2D eigenvalue weighted by Gasteiger charge is -2.32. The van der Waals surface area contributed by atoms with Crippen molar-refractivity contribution in [3.05, 3.63) is 23.8 Å². The minimum absolute atomic E-state index is 0.0222. The second kappa shape index (κ2) is 5.93. The number of nitrogens with zero attached hydrogens (tertiary/aromatic N) is 2. The van der Waals surface area contributed by atoms with Gasteiger partial charge in [-0.1, -0.05) is 12.1 Å². The molecule has 0 aromatic heterocycles. The highest BCUT2D eigenvalue weighted by Gasteiger charge is 2.19.